The Labute approximate surface area is 214 Å². The molecule has 2 aromatic heterocycles. The summed E-state index contributed by atoms with van der Waals surface area (Å²) in [4.78, 5) is 43.4. The molecule has 0 radical (unpaired) electrons. The predicted molar refractivity (Wildman–Crippen MR) is 133 cm³/mol. The minimum absolute atomic E-state index is 0.0318. The summed E-state index contributed by atoms with van der Waals surface area (Å²) >= 11 is 0. The van der Waals surface area contributed by atoms with Gasteiger partial charge in [0, 0.05) is 31.4 Å². The van der Waals surface area contributed by atoms with Gasteiger partial charge < -0.3 is 19.9 Å². The Morgan fingerprint density at radius 2 is 1.95 bits per heavy atom. The average Bonchev–Trinajstić information content (AvgIpc) is 3.44. The number of ether oxygens (including phenoxy) is 3. The Hall–Kier alpha value is -3.93. The van der Waals surface area contributed by atoms with Crippen LogP contribution in [0.25, 0.3) is 11.4 Å². The molecule has 11 heteroatoms. The molecule has 1 fully saturated rings. The van der Waals surface area contributed by atoms with Crippen LogP contribution >= 0.6 is 0 Å². The average molecular weight is 508 g/mol. The number of carbonyl (C=O) groups is 3. The first-order valence-corrected chi connectivity index (χ1v) is 12.0. The van der Waals surface area contributed by atoms with E-state index in [1.807, 2.05) is 0 Å². The fourth-order valence-electron chi connectivity index (χ4n) is 4.03. The highest BCUT2D eigenvalue weighted by Gasteiger charge is 2.19. The van der Waals surface area contributed by atoms with E-state index in [-0.39, 0.29) is 42.5 Å². The van der Waals surface area contributed by atoms with Gasteiger partial charge in [-0.25, -0.2) is 4.79 Å². The molecule has 0 atom stereocenters. The summed E-state index contributed by atoms with van der Waals surface area (Å²) in [6, 6.07) is 9.96. The van der Waals surface area contributed by atoms with Gasteiger partial charge in [-0.15, -0.1) is 0 Å². The quantitative estimate of drug-likeness (QED) is 0.232. The molecule has 1 aliphatic rings. The zero-order chi connectivity index (χ0) is 26.0. The summed E-state index contributed by atoms with van der Waals surface area (Å²) in [5.74, 6) is -0.725. The van der Waals surface area contributed by atoms with Crippen LogP contribution in [0.2, 0.25) is 0 Å². The van der Waals surface area contributed by atoms with E-state index in [0.29, 0.717) is 42.9 Å². The van der Waals surface area contributed by atoms with Crippen LogP contribution in [0.4, 0.5) is 0 Å². The van der Waals surface area contributed by atoms with Crippen LogP contribution in [0.3, 0.4) is 0 Å². The standard InChI is InChI=1S/C26H29N5O6/c27-16-24(33)31-22(7-9-29-31)25-19(4-2-8-28-25)18-37-23-6-1-5-20(21(23)17-32)26(34)36-13-3-10-30-11-14-35-15-12-30/h1-2,4-9,17H,3,10-16,18,27H2. The number of hydrogen-bond acceptors (Lipinski definition) is 10. The molecule has 0 aliphatic carbocycles. The fourth-order valence-corrected chi connectivity index (χ4v) is 4.03. The van der Waals surface area contributed by atoms with Gasteiger partial charge in [-0.1, -0.05) is 12.1 Å². The van der Waals surface area contributed by atoms with Gasteiger partial charge in [-0.3, -0.25) is 19.5 Å². The second kappa shape index (κ2) is 12.9. The van der Waals surface area contributed by atoms with Crippen molar-refractivity contribution in [2.24, 2.45) is 5.73 Å². The molecule has 0 spiro atoms. The first-order valence-electron chi connectivity index (χ1n) is 12.0. The Kier molecular flexibility index (Phi) is 9.08. The Morgan fingerprint density at radius 1 is 1.11 bits per heavy atom. The highest BCUT2D eigenvalue weighted by atomic mass is 16.5. The smallest absolute Gasteiger partial charge is 0.338 e. The molecular formula is C26H29N5O6. The fraction of sp³-hybridized carbons (Fsp3) is 0.346. The molecule has 11 nitrogen and oxygen atoms in total. The van der Waals surface area contributed by atoms with E-state index in [1.165, 1.54) is 16.9 Å². The van der Waals surface area contributed by atoms with Gasteiger partial charge in [0.05, 0.1) is 55.1 Å². The van der Waals surface area contributed by atoms with Gasteiger partial charge in [0.15, 0.2) is 6.29 Å². The molecule has 1 aromatic carbocycles. The minimum Gasteiger partial charge on any atom is -0.488 e. The number of benzene rings is 1. The van der Waals surface area contributed by atoms with Crippen molar-refractivity contribution in [3.05, 3.63) is 65.5 Å². The molecule has 0 saturated carbocycles. The predicted octanol–water partition coefficient (Wildman–Crippen LogP) is 1.81. The Balaban J connectivity index is 1.43. The van der Waals surface area contributed by atoms with Crippen molar-refractivity contribution >= 4 is 18.2 Å². The van der Waals surface area contributed by atoms with Crippen molar-refractivity contribution in [1.82, 2.24) is 19.7 Å². The lowest BCUT2D eigenvalue weighted by molar-refractivity contribution is 0.0298. The van der Waals surface area contributed by atoms with Crippen molar-refractivity contribution in [3.63, 3.8) is 0 Å². The van der Waals surface area contributed by atoms with Gasteiger partial charge in [0.25, 0.3) is 5.91 Å². The number of rotatable bonds is 11. The second-order valence-electron chi connectivity index (χ2n) is 8.30. The summed E-state index contributed by atoms with van der Waals surface area (Å²) in [5, 5.41) is 4.04. The van der Waals surface area contributed by atoms with Crippen LogP contribution < -0.4 is 10.5 Å². The van der Waals surface area contributed by atoms with E-state index < -0.39 is 5.97 Å². The maximum absolute atomic E-state index is 12.7. The third-order valence-electron chi connectivity index (χ3n) is 5.93. The van der Waals surface area contributed by atoms with Gasteiger partial charge >= 0.3 is 5.97 Å². The molecule has 2 N–H and O–H groups in total. The summed E-state index contributed by atoms with van der Waals surface area (Å²) in [6.45, 7) is 4.05. The van der Waals surface area contributed by atoms with Gasteiger partial charge in [0.2, 0.25) is 0 Å². The van der Waals surface area contributed by atoms with Gasteiger partial charge in [-0.2, -0.15) is 9.78 Å². The lowest BCUT2D eigenvalue weighted by Gasteiger charge is -2.26. The zero-order valence-electron chi connectivity index (χ0n) is 20.4. The molecule has 0 unspecified atom stereocenters. The number of nitrogens with two attached hydrogens (primary N) is 1. The van der Waals surface area contributed by atoms with E-state index >= 15 is 0 Å². The lowest BCUT2D eigenvalue weighted by Crippen LogP contribution is -2.37. The topological polar surface area (TPSA) is 139 Å². The van der Waals surface area contributed by atoms with Crippen molar-refractivity contribution in [3.8, 4) is 17.1 Å². The minimum atomic E-state index is -0.583. The number of aldehydes is 1. The van der Waals surface area contributed by atoms with E-state index in [2.05, 4.69) is 15.0 Å². The number of hydrogen-bond donors (Lipinski definition) is 1. The Bertz CT molecular complexity index is 1240. The molecule has 37 heavy (non-hydrogen) atoms. The van der Waals surface area contributed by atoms with Crippen molar-refractivity contribution < 1.29 is 28.6 Å². The van der Waals surface area contributed by atoms with E-state index in [4.69, 9.17) is 19.9 Å². The molecule has 3 heterocycles. The number of morpholine rings is 1. The molecule has 1 aliphatic heterocycles. The van der Waals surface area contributed by atoms with Crippen LogP contribution in [0, 0.1) is 0 Å². The highest BCUT2D eigenvalue weighted by molar-refractivity contribution is 6.00. The zero-order valence-corrected chi connectivity index (χ0v) is 20.4. The number of aromatic nitrogens is 3. The van der Waals surface area contributed by atoms with Crippen molar-refractivity contribution in [2.45, 2.75) is 13.0 Å². The molecule has 0 amide bonds. The van der Waals surface area contributed by atoms with Gasteiger partial charge in [-0.05, 0) is 30.7 Å². The van der Waals surface area contributed by atoms with E-state index in [1.54, 1.807) is 36.5 Å². The van der Waals surface area contributed by atoms with Crippen LogP contribution in [0.15, 0.2) is 48.8 Å². The molecule has 194 valence electrons. The third-order valence-corrected chi connectivity index (χ3v) is 5.93. The van der Waals surface area contributed by atoms with Gasteiger partial charge in [0.1, 0.15) is 12.4 Å². The second-order valence-corrected chi connectivity index (χ2v) is 8.30. The highest BCUT2D eigenvalue weighted by Crippen LogP contribution is 2.26. The maximum Gasteiger partial charge on any atom is 0.338 e. The van der Waals surface area contributed by atoms with Crippen LogP contribution in [-0.4, -0.2) is 83.8 Å². The first-order chi connectivity index (χ1) is 18.1. The number of carbonyl (C=O) groups excluding carboxylic acids is 3. The summed E-state index contributed by atoms with van der Waals surface area (Å²) in [5.41, 5.74) is 7.35. The van der Waals surface area contributed by atoms with Crippen molar-refractivity contribution in [1.29, 1.82) is 0 Å². The molecule has 0 bridgehead atoms. The normalized spacial score (nSPS) is 13.8. The van der Waals surface area contributed by atoms with Crippen molar-refractivity contribution in [2.75, 3.05) is 46.0 Å². The van der Waals surface area contributed by atoms with E-state index in [0.717, 1.165) is 19.6 Å². The van der Waals surface area contributed by atoms with E-state index in [9.17, 15) is 14.4 Å². The number of nitrogens with zero attached hydrogens (tertiary/aromatic N) is 4. The van der Waals surface area contributed by atoms with Crippen LogP contribution in [0.1, 0.15) is 37.5 Å². The summed E-state index contributed by atoms with van der Waals surface area (Å²) < 4.78 is 17.9. The molecule has 1 saturated heterocycles. The number of esters is 1. The molecule has 3 aromatic rings. The number of pyridine rings is 1. The summed E-state index contributed by atoms with van der Waals surface area (Å²) in [6.07, 6.45) is 4.35. The largest absolute Gasteiger partial charge is 0.488 e. The van der Waals surface area contributed by atoms with Crippen LogP contribution in [-0.2, 0) is 16.1 Å². The maximum atomic E-state index is 12.7. The first kappa shape index (κ1) is 26.1. The molecular weight excluding hydrogens is 478 g/mol. The lowest BCUT2D eigenvalue weighted by atomic mass is 10.1. The monoisotopic (exact) mass is 507 g/mol. The Morgan fingerprint density at radius 3 is 2.73 bits per heavy atom. The molecule has 4 rings (SSSR count). The third kappa shape index (κ3) is 6.45. The SMILES string of the molecule is NCC(=O)n1nccc1-c1ncccc1COc1cccc(C(=O)OCCCN2CCOCC2)c1C=O. The van der Waals surface area contributed by atoms with Crippen LogP contribution in [0.5, 0.6) is 5.75 Å². The summed E-state index contributed by atoms with van der Waals surface area (Å²) in [7, 11) is 0.